The number of anilines is 1. The molecular weight excluding hydrogens is 178 g/mol. The van der Waals surface area contributed by atoms with Gasteiger partial charge in [0.05, 0.1) is 5.69 Å². The lowest BCUT2D eigenvalue weighted by atomic mass is 10.3. The third kappa shape index (κ3) is 1.12. The summed E-state index contributed by atoms with van der Waals surface area (Å²) in [7, 11) is 0. The number of benzene rings is 1. The van der Waals surface area contributed by atoms with Crippen LogP contribution >= 0.6 is 11.6 Å². The molecule has 1 aliphatic rings. The minimum absolute atomic E-state index is 0.571. The Bertz CT molecular complexity index is 327. The van der Waals surface area contributed by atoms with Crippen molar-refractivity contribution in [3.05, 3.63) is 23.2 Å². The fraction of sp³-hybridized carbons (Fsp3) is 0.125. The summed E-state index contributed by atoms with van der Waals surface area (Å²) in [5.74, 6) is 0.663. The van der Waals surface area contributed by atoms with Crippen molar-refractivity contribution in [2.45, 2.75) is 6.23 Å². The number of fused-ring (bicyclic) bond motifs is 1. The summed E-state index contributed by atoms with van der Waals surface area (Å²) in [6.07, 6.45) is 0.131. The summed E-state index contributed by atoms with van der Waals surface area (Å²) in [6.45, 7) is 0. The highest BCUT2D eigenvalue weighted by atomic mass is 35.5. The maximum atomic E-state index is 10.3. The number of aldehydes is 1. The van der Waals surface area contributed by atoms with Crippen LogP contribution in [0.15, 0.2) is 18.2 Å². The second-order valence-corrected chi connectivity index (χ2v) is 2.90. The number of hydrogen-bond acceptors (Lipinski definition) is 3. The minimum Gasteiger partial charge on any atom is -0.461 e. The molecule has 1 heterocycles. The smallest absolute Gasteiger partial charge is 0.226 e. The Morgan fingerprint density at radius 3 is 3.17 bits per heavy atom. The summed E-state index contributed by atoms with van der Waals surface area (Å²) >= 11 is 5.73. The van der Waals surface area contributed by atoms with Gasteiger partial charge in [-0.2, -0.15) is 0 Å². The van der Waals surface area contributed by atoms with Gasteiger partial charge in [-0.05, 0) is 18.2 Å². The second-order valence-electron chi connectivity index (χ2n) is 2.46. The van der Waals surface area contributed by atoms with E-state index >= 15 is 0 Å². The van der Waals surface area contributed by atoms with Gasteiger partial charge in [0.1, 0.15) is 5.75 Å². The lowest BCUT2D eigenvalue weighted by Crippen LogP contribution is -2.20. The van der Waals surface area contributed by atoms with E-state index in [-0.39, 0.29) is 0 Å². The van der Waals surface area contributed by atoms with Gasteiger partial charge >= 0.3 is 0 Å². The molecule has 62 valence electrons. The largest absolute Gasteiger partial charge is 0.461 e. The Labute approximate surface area is 74.3 Å². The molecule has 1 atom stereocenters. The van der Waals surface area contributed by atoms with Crippen LogP contribution in [-0.4, -0.2) is 12.5 Å². The fourth-order valence-corrected chi connectivity index (χ4v) is 1.27. The van der Waals surface area contributed by atoms with Crippen molar-refractivity contribution in [1.82, 2.24) is 0 Å². The van der Waals surface area contributed by atoms with E-state index in [0.29, 0.717) is 17.1 Å². The van der Waals surface area contributed by atoms with Gasteiger partial charge < -0.3 is 10.1 Å². The van der Waals surface area contributed by atoms with Crippen LogP contribution in [0.5, 0.6) is 5.75 Å². The molecule has 0 amide bonds. The van der Waals surface area contributed by atoms with Crippen molar-refractivity contribution in [2.75, 3.05) is 5.32 Å². The normalized spacial score (nSPS) is 19.2. The molecule has 1 N–H and O–H groups in total. The van der Waals surface area contributed by atoms with E-state index in [1.807, 2.05) is 0 Å². The highest BCUT2D eigenvalue weighted by Crippen LogP contribution is 2.33. The third-order valence-electron chi connectivity index (χ3n) is 1.62. The number of halogens is 1. The quantitative estimate of drug-likeness (QED) is 0.674. The summed E-state index contributed by atoms with van der Waals surface area (Å²) in [4.78, 5) is 10.3. The first kappa shape index (κ1) is 7.43. The Kier molecular flexibility index (Phi) is 1.66. The molecule has 1 aromatic carbocycles. The topological polar surface area (TPSA) is 38.3 Å². The molecule has 0 radical (unpaired) electrons. The van der Waals surface area contributed by atoms with Crippen molar-refractivity contribution in [3.8, 4) is 5.75 Å². The third-order valence-corrected chi connectivity index (χ3v) is 1.85. The van der Waals surface area contributed by atoms with Gasteiger partial charge in [0.25, 0.3) is 0 Å². The van der Waals surface area contributed by atoms with Crippen molar-refractivity contribution >= 4 is 23.6 Å². The molecule has 0 fully saturated rings. The van der Waals surface area contributed by atoms with Crippen LogP contribution in [0.1, 0.15) is 0 Å². The van der Waals surface area contributed by atoms with Crippen LogP contribution in [0.25, 0.3) is 0 Å². The van der Waals surface area contributed by atoms with Crippen LogP contribution < -0.4 is 10.1 Å². The van der Waals surface area contributed by atoms with E-state index in [1.54, 1.807) is 18.2 Å². The number of carbonyl (C=O) groups excluding carboxylic acids is 1. The zero-order chi connectivity index (χ0) is 8.55. The first-order valence-corrected chi connectivity index (χ1v) is 3.85. The fourth-order valence-electron chi connectivity index (χ4n) is 1.10. The molecule has 3 nitrogen and oxygen atoms in total. The molecule has 0 bridgehead atoms. The number of hydrogen-bond donors (Lipinski definition) is 1. The molecule has 0 spiro atoms. The maximum Gasteiger partial charge on any atom is 0.226 e. The lowest BCUT2D eigenvalue weighted by molar-refractivity contribution is -0.112. The van der Waals surface area contributed by atoms with E-state index in [4.69, 9.17) is 16.3 Å². The van der Waals surface area contributed by atoms with Crippen LogP contribution in [0, 0.1) is 0 Å². The predicted octanol–water partition coefficient (Wildman–Crippen LogP) is 1.67. The lowest BCUT2D eigenvalue weighted by Gasteiger charge is -1.99. The van der Waals surface area contributed by atoms with E-state index in [2.05, 4.69) is 5.32 Å². The van der Waals surface area contributed by atoms with Crippen molar-refractivity contribution in [3.63, 3.8) is 0 Å². The Morgan fingerprint density at radius 2 is 2.42 bits per heavy atom. The molecule has 2 rings (SSSR count). The predicted molar refractivity (Wildman–Crippen MR) is 45.6 cm³/mol. The van der Waals surface area contributed by atoms with Gasteiger partial charge in [-0.1, -0.05) is 11.6 Å². The highest BCUT2D eigenvalue weighted by molar-refractivity contribution is 6.31. The van der Waals surface area contributed by atoms with Gasteiger partial charge in [0.15, 0.2) is 6.29 Å². The molecule has 1 aliphatic heterocycles. The van der Waals surface area contributed by atoms with Gasteiger partial charge in [-0.25, -0.2) is 0 Å². The minimum atomic E-state index is -0.571. The molecule has 0 aromatic heterocycles. The highest BCUT2D eigenvalue weighted by Gasteiger charge is 2.20. The molecule has 1 unspecified atom stereocenters. The van der Waals surface area contributed by atoms with E-state index in [0.717, 1.165) is 5.69 Å². The van der Waals surface area contributed by atoms with Crippen LogP contribution in [0.3, 0.4) is 0 Å². The standard InChI is InChI=1S/C8H6ClNO2/c9-5-1-2-7-6(3-5)10-8(4-11)12-7/h1-4,8,10H. The molecule has 0 saturated carbocycles. The zero-order valence-electron chi connectivity index (χ0n) is 6.08. The number of nitrogens with one attached hydrogen (secondary N) is 1. The van der Waals surface area contributed by atoms with E-state index < -0.39 is 6.23 Å². The monoisotopic (exact) mass is 183 g/mol. The van der Waals surface area contributed by atoms with Crippen molar-refractivity contribution < 1.29 is 9.53 Å². The first-order chi connectivity index (χ1) is 5.79. The van der Waals surface area contributed by atoms with Gasteiger partial charge in [0.2, 0.25) is 6.23 Å². The average molecular weight is 184 g/mol. The van der Waals surface area contributed by atoms with Crippen LogP contribution in [-0.2, 0) is 4.79 Å². The SMILES string of the molecule is O=CC1Nc2cc(Cl)ccc2O1. The van der Waals surface area contributed by atoms with Gasteiger partial charge in [0, 0.05) is 5.02 Å². The maximum absolute atomic E-state index is 10.3. The summed E-state index contributed by atoms with van der Waals surface area (Å²) < 4.78 is 5.17. The number of rotatable bonds is 1. The Hall–Kier alpha value is -1.22. The van der Waals surface area contributed by atoms with E-state index in [9.17, 15) is 4.79 Å². The summed E-state index contributed by atoms with van der Waals surface area (Å²) in [6, 6.07) is 5.17. The molecule has 0 saturated heterocycles. The molecule has 12 heavy (non-hydrogen) atoms. The van der Waals surface area contributed by atoms with Gasteiger partial charge in [-0.3, -0.25) is 4.79 Å². The zero-order valence-corrected chi connectivity index (χ0v) is 6.84. The molecule has 4 heteroatoms. The molecular formula is C8H6ClNO2. The summed E-state index contributed by atoms with van der Waals surface area (Å²) in [5, 5.41) is 3.47. The van der Waals surface area contributed by atoms with Crippen LogP contribution in [0.4, 0.5) is 5.69 Å². The molecule has 0 aliphatic carbocycles. The number of ether oxygens (including phenoxy) is 1. The first-order valence-electron chi connectivity index (χ1n) is 3.47. The van der Waals surface area contributed by atoms with E-state index in [1.165, 1.54) is 0 Å². The Balaban J connectivity index is 2.35. The summed E-state index contributed by atoms with van der Waals surface area (Å²) in [5.41, 5.74) is 0.764. The second kappa shape index (κ2) is 2.68. The van der Waals surface area contributed by atoms with Crippen LogP contribution in [0.2, 0.25) is 5.02 Å². The Morgan fingerprint density at radius 1 is 1.58 bits per heavy atom. The average Bonchev–Trinajstić information content (AvgIpc) is 2.46. The van der Waals surface area contributed by atoms with Crippen molar-refractivity contribution in [2.24, 2.45) is 0 Å². The number of carbonyl (C=O) groups is 1. The van der Waals surface area contributed by atoms with Crippen molar-refractivity contribution in [1.29, 1.82) is 0 Å². The molecule has 1 aromatic rings. The van der Waals surface area contributed by atoms with Gasteiger partial charge in [-0.15, -0.1) is 0 Å².